The van der Waals surface area contributed by atoms with E-state index >= 15 is 0 Å². The first-order valence-corrected chi connectivity index (χ1v) is 9.81. The molecular weight excluding hydrogens is 463 g/mol. The molecule has 8 nitrogen and oxygen atoms in total. The molecule has 1 amide bonds. The lowest BCUT2D eigenvalue weighted by molar-refractivity contribution is 0.0168. The number of aliphatic imine (C=N–C) groups is 1. The number of hydrogen-bond donors (Lipinski definition) is 2. The van der Waals surface area contributed by atoms with Crippen molar-refractivity contribution in [3.8, 4) is 0 Å². The molecule has 2 heterocycles. The average Bonchev–Trinajstić information content (AvgIpc) is 3.17. The zero-order valence-corrected chi connectivity index (χ0v) is 18.9. The molecule has 2 fully saturated rings. The Morgan fingerprint density at radius 3 is 2.70 bits per heavy atom. The van der Waals surface area contributed by atoms with E-state index < -0.39 is 0 Å². The van der Waals surface area contributed by atoms with Gasteiger partial charge in [0.05, 0.1) is 19.3 Å². The second-order valence-electron chi connectivity index (χ2n) is 6.67. The number of hydrogen-bond acceptors (Lipinski definition) is 5. The third kappa shape index (κ3) is 9.29. The molecule has 0 saturated carbocycles. The van der Waals surface area contributed by atoms with Crippen molar-refractivity contribution >= 4 is 36.0 Å². The van der Waals surface area contributed by atoms with E-state index in [4.69, 9.17) is 14.2 Å². The van der Waals surface area contributed by atoms with Crippen LogP contribution in [0.1, 0.15) is 39.0 Å². The predicted octanol–water partition coefficient (Wildman–Crippen LogP) is 1.98. The minimum atomic E-state index is -0.212. The summed E-state index contributed by atoms with van der Waals surface area (Å²) in [6, 6.07) is 0.322. The van der Waals surface area contributed by atoms with E-state index in [1.165, 1.54) is 0 Å². The number of likely N-dealkylation sites (tertiary alicyclic amines) is 1. The molecule has 2 aliphatic heterocycles. The number of guanidine groups is 1. The highest BCUT2D eigenvalue weighted by Gasteiger charge is 2.24. The summed E-state index contributed by atoms with van der Waals surface area (Å²) < 4.78 is 16.2. The fourth-order valence-electron chi connectivity index (χ4n) is 3.18. The summed E-state index contributed by atoms with van der Waals surface area (Å²) in [5.41, 5.74) is 0. The number of piperidine rings is 1. The number of nitrogens with zero attached hydrogens (tertiary/aromatic N) is 2. The van der Waals surface area contributed by atoms with E-state index in [0.717, 1.165) is 57.8 Å². The summed E-state index contributed by atoms with van der Waals surface area (Å²) >= 11 is 0. The van der Waals surface area contributed by atoms with Crippen LogP contribution in [-0.4, -0.2) is 82.2 Å². The maximum Gasteiger partial charge on any atom is 0.409 e. The van der Waals surface area contributed by atoms with Crippen molar-refractivity contribution in [2.45, 2.75) is 51.2 Å². The van der Waals surface area contributed by atoms with Crippen molar-refractivity contribution < 1.29 is 19.0 Å². The summed E-state index contributed by atoms with van der Waals surface area (Å²) in [6.07, 6.45) is 5.05. The van der Waals surface area contributed by atoms with E-state index in [1.54, 1.807) is 11.9 Å². The van der Waals surface area contributed by atoms with E-state index in [-0.39, 0.29) is 36.2 Å². The number of carbonyl (C=O) groups is 1. The van der Waals surface area contributed by atoms with Crippen molar-refractivity contribution in [2.24, 2.45) is 4.99 Å². The topological polar surface area (TPSA) is 84.4 Å². The number of amides is 1. The highest BCUT2D eigenvalue weighted by atomic mass is 127. The fraction of sp³-hybridized carbons (Fsp3) is 0.889. The average molecular weight is 498 g/mol. The van der Waals surface area contributed by atoms with Gasteiger partial charge in [-0.15, -0.1) is 24.0 Å². The molecule has 0 aromatic heterocycles. The Bertz CT molecular complexity index is 439. The van der Waals surface area contributed by atoms with Gasteiger partial charge >= 0.3 is 6.09 Å². The van der Waals surface area contributed by atoms with Crippen molar-refractivity contribution in [2.75, 3.05) is 53.1 Å². The van der Waals surface area contributed by atoms with Crippen molar-refractivity contribution in [1.29, 1.82) is 0 Å². The van der Waals surface area contributed by atoms with E-state index in [0.29, 0.717) is 32.3 Å². The molecule has 158 valence electrons. The summed E-state index contributed by atoms with van der Waals surface area (Å²) in [4.78, 5) is 17.8. The number of carbonyl (C=O) groups excluding carboxylic acids is 1. The molecule has 9 heteroatoms. The lowest BCUT2D eigenvalue weighted by Crippen LogP contribution is -2.50. The van der Waals surface area contributed by atoms with Crippen LogP contribution in [0.2, 0.25) is 0 Å². The second kappa shape index (κ2) is 14.2. The Morgan fingerprint density at radius 2 is 2.07 bits per heavy atom. The molecule has 0 spiro atoms. The molecular formula is C18H35IN4O4. The summed E-state index contributed by atoms with van der Waals surface area (Å²) in [5, 5.41) is 6.75. The zero-order chi connectivity index (χ0) is 18.6. The Balaban J connectivity index is 0.00000364. The van der Waals surface area contributed by atoms with Crippen LogP contribution in [0, 0.1) is 0 Å². The van der Waals surface area contributed by atoms with Crippen molar-refractivity contribution in [3.05, 3.63) is 0 Å². The van der Waals surface area contributed by atoms with Gasteiger partial charge < -0.3 is 29.7 Å². The molecule has 27 heavy (non-hydrogen) atoms. The van der Waals surface area contributed by atoms with Gasteiger partial charge in [-0.2, -0.15) is 0 Å². The Kier molecular flexibility index (Phi) is 12.8. The molecule has 2 rings (SSSR count). The first-order valence-electron chi connectivity index (χ1n) is 9.81. The molecule has 0 radical (unpaired) electrons. The van der Waals surface area contributed by atoms with Crippen molar-refractivity contribution in [3.63, 3.8) is 0 Å². The molecule has 1 unspecified atom stereocenters. The molecule has 0 bridgehead atoms. The van der Waals surface area contributed by atoms with Gasteiger partial charge in [-0.3, -0.25) is 4.99 Å². The highest BCUT2D eigenvalue weighted by molar-refractivity contribution is 14.0. The van der Waals surface area contributed by atoms with Crippen LogP contribution >= 0.6 is 24.0 Å². The standard InChI is InChI=1S/C18H34N4O4.HI/c1-3-25-18(23)22-10-7-15(8-11-22)21-17(19-2)20-9-5-12-24-14-16-6-4-13-26-16;/h15-16H,3-14H2,1-2H3,(H2,19,20,21);1H. The van der Waals surface area contributed by atoms with E-state index in [2.05, 4.69) is 15.6 Å². The fourth-order valence-corrected chi connectivity index (χ4v) is 3.18. The summed E-state index contributed by atoms with van der Waals surface area (Å²) in [5.74, 6) is 0.804. The number of ether oxygens (including phenoxy) is 3. The third-order valence-corrected chi connectivity index (χ3v) is 4.67. The number of halogens is 1. The molecule has 2 aliphatic rings. The largest absolute Gasteiger partial charge is 0.450 e. The lowest BCUT2D eigenvalue weighted by Gasteiger charge is -2.32. The molecule has 2 N–H and O–H groups in total. The smallest absolute Gasteiger partial charge is 0.409 e. The van der Waals surface area contributed by atoms with Gasteiger partial charge in [0.25, 0.3) is 0 Å². The highest BCUT2D eigenvalue weighted by Crippen LogP contribution is 2.12. The third-order valence-electron chi connectivity index (χ3n) is 4.67. The van der Waals surface area contributed by atoms with Gasteiger partial charge in [0, 0.05) is 45.9 Å². The van der Waals surface area contributed by atoms with Gasteiger partial charge in [0.1, 0.15) is 0 Å². The summed E-state index contributed by atoms with van der Waals surface area (Å²) in [7, 11) is 1.77. The molecule has 0 aliphatic carbocycles. The molecule has 0 aromatic carbocycles. The lowest BCUT2D eigenvalue weighted by atomic mass is 10.1. The summed E-state index contributed by atoms with van der Waals surface area (Å²) in [6.45, 7) is 6.78. The first-order chi connectivity index (χ1) is 12.7. The van der Waals surface area contributed by atoms with Gasteiger partial charge in [-0.25, -0.2) is 4.79 Å². The second-order valence-corrected chi connectivity index (χ2v) is 6.67. The number of rotatable bonds is 8. The minimum absolute atomic E-state index is 0. The number of nitrogens with one attached hydrogen (secondary N) is 2. The Morgan fingerprint density at radius 1 is 1.30 bits per heavy atom. The van der Waals surface area contributed by atoms with Crippen molar-refractivity contribution in [1.82, 2.24) is 15.5 Å². The molecule has 2 saturated heterocycles. The maximum absolute atomic E-state index is 11.7. The van der Waals surface area contributed by atoms with Crippen LogP contribution in [0.15, 0.2) is 4.99 Å². The van der Waals surface area contributed by atoms with E-state index in [1.807, 2.05) is 6.92 Å². The minimum Gasteiger partial charge on any atom is -0.450 e. The predicted molar refractivity (Wildman–Crippen MR) is 116 cm³/mol. The maximum atomic E-state index is 11.7. The normalized spacial score (nSPS) is 20.9. The van der Waals surface area contributed by atoms with Crippen LogP contribution in [-0.2, 0) is 14.2 Å². The monoisotopic (exact) mass is 498 g/mol. The SMILES string of the molecule is CCOC(=O)N1CCC(NC(=NC)NCCCOCC2CCCO2)CC1.I. The molecule has 1 atom stereocenters. The van der Waals surface area contributed by atoms with Gasteiger partial charge in [-0.05, 0) is 39.0 Å². The first kappa shape index (κ1) is 24.2. The Hall–Kier alpha value is -0.810. The van der Waals surface area contributed by atoms with Crippen LogP contribution < -0.4 is 10.6 Å². The molecule has 0 aromatic rings. The van der Waals surface area contributed by atoms with Crippen LogP contribution in [0.3, 0.4) is 0 Å². The van der Waals surface area contributed by atoms with Gasteiger partial charge in [0.15, 0.2) is 5.96 Å². The zero-order valence-electron chi connectivity index (χ0n) is 16.6. The van der Waals surface area contributed by atoms with Crippen LogP contribution in [0.4, 0.5) is 4.79 Å². The van der Waals surface area contributed by atoms with Crippen LogP contribution in [0.5, 0.6) is 0 Å². The van der Waals surface area contributed by atoms with Crippen LogP contribution in [0.25, 0.3) is 0 Å². The Labute approximate surface area is 179 Å². The quantitative estimate of drug-likeness (QED) is 0.231. The van der Waals surface area contributed by atoms with Gasteiger partial charge in [0.2, 0.25) is 0 Å². The van der Waals surface area contributed by atoms with Gasteiger partial charge in [-0.1, -0.05) is 0 Å². The van der Waals surface area contributed by atoms with E-state index in [9.17, 15) is 4.79 Å².